The zero-order valence-electron chi connectivity index (χ0n) is 26.7. The van der Waals surface area contributed by atoms with Crippen LogP contribution in [0.1, 0.15) is 49.9 Å². The summed E-state index contributed by atoms with van der Waals surface area (Å²) in [6.07, 6.45) is -0.792. The first kappa shape index (κ1) is 30.6. The molecule has 228 valence electrons. The first-order chi connectivity index (χ1) is 22.3. The van der Waals surface area contributed by atoms with Crippen molar-refractivity contribution in [2.24, 2.45) is 0 Å². The Morgan fingerprint density at radius 3 is 1.09 bits per heavy atom. The van der Waals surface area contributed by atoms with Gasteiger partial charge in [0.1, 0.15) is 11.5 Å². The quantitative estimate of drug-likeness (QED) is 0.128. The molecule has 0 atom stereocenters. The molecule has 0 heterocycles. The minimum absolute atomic E-state index is 0.286. The lowest BCUT2D eigenvalue weighted by Gasteiger charge is -2.29. The van der Waals surface area contributed by atoms with Crippen LogP contribution in [-0.4, -0.2) is 6.16 Å². The molecular formula is C43H38O3. The van der Waals surface area contributed by atoms with Crippen molar-refractivity contribution >= 4 is 6.16 Å². The summed E-state index contributed by atoms with van der Waals surface area (Å²) in [5, 5.41) is 0. The summed E-state index contributed by atoms with van der Waals surface area (Å²) < 4.78 is 11.9. The number of carbonyl (C=O) groups excluding carboxylic acids is 1. The van der Waals surface area contributed by atoms with Gasteiger partial charge in [-0.05, 0) is 45.5 Å². The van der Waals surface area contributed by atoms with Gasteiger partial charge in [-0.15, -0.1) is 0 Å². The second kappa shape index (κ2) is 12.9. The summed E-state index contributed by atoms with van der Waals surface area (Å²) >= 11 is 0. The predicted molar refractivity (Wildman–Crippen MR) is 188 cm³/mol. The van der Waals surface area contributed by atoms with Crippen molar-refractivity contribution in [2.45, 2.75) is 38.5 Å². The van der Waals surface area contributed by atoms with Crippen molar-refractivity contribution in [1.29, 1.82) is 0 Å². The summed E-state index contributed by atoms with van der Waals surface area (Å²) in [6, 6.07) is 52.7. The molecule has 46 heavy (non-hydrogen) atoms. The fourth-order valence-corrected chi connectivity index (χ4v) is 6.30. The van der Waals surface area contributed by atoms with Crippen LogP contribution in [0.15, 0.2) is 158 Å². The largest absolute Gasteiger partial charge is 0.519 e. The van der Waals surface area contributed by atoms with Crippen molar-refractivity contribution in [3.05, 3.63) is 180 Å². The summed E-state index contributed by atoms with van der Waals surface area (Å²) in [4.78, 5) is 13.5. The number of para-hydroxylation sites is 2. The van der Waals surface area contributed by atoms with Gasteiger partial charge in [-0.2, -0.15) is 0 Å². The third-order valence-electron chi connectivity index (χ3n) is 8.93. The fraction of sp³-hybridized carbons (Fsp3) is 0.140. The average molecular weight is 603 g/mol. The van der Waals surface area contributed by atoms with Gasteiger partial charge < -0.3 is 9.47 Å². The van der Waals surface area contributed by atoms with Crippen molar-refractivity contribution in [2.75, 3.05) is 0 Å². The minimum atomic E-state index is -0.792. The molecule has 0 aromatic heterocycles. The maximum atomic E-state index is 13.5. The Balaban J connectivity index is 1.32. The van der Waals surface area contributed by atoms with Crippen LogP contribution in [0.4, 0.5) is 4.79 Å². The molecule has 0 saturated heterocycles. The van der Waals surface area contributed by atoms with Crippen LogP contribution >= 0.6 is 0 Å². The van der Waals surface area contributed by atoms with E-state index in [9.17, 15) is 4.79 Å². The molecule has 3 heteroatoms. The van der Waals surface area contributed by atoms with Gasteiger partial charge in [0, 0.05) is 22.0 Å². The number of carbonyl (C=O) groups is 1. The van der Waals surface area contributed by atoms with Gasteiger partial charge in [0.25, 0.3) is 0 Å². The SMILES string of the molecule is CC(C)(c1ccccc1)c1ccccc1-c1ccccc1OC(=O)Oc1ccccc1-c1ccccc1C(C)(C)c1ccccc1. The Bertz CT molecular complexity index is 1810. The van der Waals surface area contributed by atoms with Gasteiger partial charge in [-0.25, -0.2) is 4.79 Å². The zero-order valence-corrected chi connectivity index (χ0v) is 26.7. The number of hydrogen-bond donors (Lipinski definition) is 0. The van der Waals surface area contributed by atoms with E-state index < -0.39 is 6.16 Å². The van der Waals surface area contributed by atoms with E-state index in [-0.39, 0.29) is 10.8 Å². The lowest BCUT2D eigenvalue weighted by molar-refractivity contribution is 0.152. The molecule has 0 aliphatic carbocycles. The lowest BCUT2D eigenvalue weighted by atomic mass is 9.75. The first-order valence-electron chi connectivity index (χ1n) is 15.7. The molecule has 0 radical (unpaired) electrons. The Morgan fingerprint density at radius 2 is 0.696 bits per heavy atom. The van der Waals surface area contributed by atoms with E-state index in [2.05, 4.69) is 113 Å². The highest BCUT2D eigenvalue weighted by Gasteiger charge is 2.29. The van der Waals surface area contributed by atoms with Gasteiger partial charge in [-0.1, -0.05) is 173 Å². The summed E-state index contributed by atoms with van der Waals surface area (Å²) in [7, 11) is 0. The predicted octanol–water partition coefficient (Wildman–Crippen LogP) is 11.3. The Morgan fingerprint density at radius 1 is 0.391 bits per heavy atom. The second-order valence-electron chi connectivity index (χ2n) is 12.5. The topological polar surface area (TPSA) is 35.5 Å². The highest BCUT2D eigenvalue weighted by molar-refractivity contribution is 5.81. The number of rotatable bonds is 8. The first-order valence-corrected chi connectivity index (χ1v) is 15.7. The van der Waals surface area contributed by atoms with E-state index in [4.69, 9.17) is 9.47 Å². The van der Waals surface area contributed by atoms with Gasteiger partial charge in [0.05, 0.1) is 0 Å². The average Bonchev–Trinajstić information content (AvgIpc) is 3.09. The van der Waals surface area contributed by atoms with Crippen LogP contribution < -0.4 is 9.47 Å². The normalized spacial score (nSPS) is 11.6. The number of benzene rings is 6. The molecule has 0 bridgehead atoms. The highest BCUT2D eigenvalue weighted by atomic mass is 16.7. The van der Waals surface area contributed by atoms with Crippen LogP contribution in [0.25, 0.3) is 22.3 Å². The van der Waals surface area contributed by atoms with Crippen molar-refractivity contribution in [1.82, 2.24) is 0 Å². The Kier molecular flexibility index (Phi) is 8.59. The smallest absolute Gasteiger partial charge is 0.394 e. The molecular weight excluding hydrogens is 564 g/mol. The van der Waals surface area contributed by atoms with Gasteiger partial charge in [0.15, 0.2) is 0 Å². The zero-order chi connectivity index (χ0) is 32.1. The highest BCUT2D eigenvalue weighted by Crippen LogP contribution is 2.43. The van der Waals surface area contributed by atoms with Crippen LogP contribution in [0, 0.1) is 0 Å². The van der Waals surface area contributed by atoms with Crippen molar-refractivity contribution < 1.29 is 14.3 Å². The molecule has 0 aliphatic heterocycles. The molecule has 6 aromatic rings. The van der Waals surface area contributed by atoms with E-state index in [1.54, 1.807) is 0 Å². The molecule has 6 aromatic carbocycles. The summed E-state index contributed by atoms with van der Waals surface area (Å²) in [5.74, 6) is 0.874. The summed E-state index contributed by atoms with van der Waals surface area (Å²) in [5.41, 5.74) is 7.73. The standard InChI is InChI=1S/C43H38O3/c1-42(2,31-19-7-5-8-20-31)37-27-15-11-23-33(37)35-25-13-17-29-39(35)45-41(44)46-40-30-18-14-26-36(40)34-24-12-16-28-38(34)43(3,4)32-21-9-6-10-22-32/h5-30H,1-4H3. The third kappa shape index (κ3) is 6.09. The molecule has 0 N–H and O–H groups in total. The number of hydrogen-bond acceptors (Lipinski definition) is 3. The third-order valence-corrected chi connectivity index (χ3v) is 8.93. The van der Waals surface area contributed by atoms with E-state index in [0.717, 1.165) is 33.4 Å². The second-order valence-corrected chi connectivity index (χ2v) is 12.5. The van der Waals surface area contributed by atoms with Gasteiger partial charge in [-0.3, -0.25) is 0 Å². The van der Waals surface area contributed by atoms with E-state index in [1.807, 2.05) is 72.8 Å². The van der Waals surface area contributed by atoms with E-state index >= 15 is 0 Å². The molecule has 3 nitrogen and oxygen atoms in total. The maximum Gasteiger partial charge on any atom is 0.519 e. The number of ether oxygens (including phenoxy) is 2. The van der Waals surface area contributed by atoms with E-state index in [0.29, 0.717) is 11.5 Å². The Hall–Kier alpha value is -5.41. The van der Waals surface area contributed by atoms with Crippen LogP contribution in [-0.2, 0) is 10.8 Å². The molecule has 0 fully saturated rings. The van der Waals surface area contributed by atoms with Gasteiger partial charge in [0.2, 0.25) is 0 Å². The maximum absolute atomic E-state index is 13.5. The molecule has 0 amide bonds. The van der Waals surface area contributed by atoms with Crippen molar-refractivity contribution in [3.8, 4) is 33.8 Å². The lowest BCUT2D eigenvalue weighted by Crippen LogP contribution is -2.20. The monoisotopic (exact) mass is 602 g/mol. The van der Waals surface area contributed by atoms with Crippen molar-refractivity contribution in [3.63, 3.8) is 0 Å². The minimum Gasteiger partial charge on any atom is -0.394 e. The Labute approximate surface area is 272 Å². The van der Waals surface area contributed by atoms with Crippen LogP contribution in [0.2, 0.25) is 0 Å². The molecule has 0 unspecified atom stereocenters. The van der Waals surface area contributed by atoms with Crippen LogP contribution in [0.5, 0.6) is 11.5 Å². The van der Waals surface area contributed by atoms with Gasteiger partial charge >= 0.3 is 6.16 Å². The molecule has 0 saturated carbocycles. The van der Waals surface area contributed by atoms with E-state index in [1.165, 1.54) is 11.1 Å². The fourth-order valence-electron chi connectivity index (χ4n) is 6.30. The van der Waals surface area contributed by atoms with Crippen LogP contribution in [0.3, 0.4) is 0 Å². The summed E-state index contributed by atoms with van der Waals surface area (Å²) in [6.45, 7) is 8.86. The molecule has 0 spiro atoms. The molecule has 6 rings (SSSR count). The molecule has 0 aliphatic rings.